The zero-order valence-corrected chi connectivity index (χ0v) is 7.52. The predicted molar refractivity (Wildman–Crippen MR) is 52.4 cm³/mol. The Morgan fingerprint density at radius 1 is 1.23 bits per heavy atom. The van der Waals surface area contributed by atoms with Gasteiger partial charge in [-0.1, -0.05) is 30.3 Å². The summed E-state index contributed by atoms with van der Waals surface area (Å²) in [6.07, 6.45) is 4.64. The van der Waals surface area contributed by atoms with E-state index in [2.05, 4.69) is 0 Å². The molecule has 1 heterocycles. The van der Waals surface area contributed by atoms with E-state index in [4.69, 9.17) is 0 Å². The maximum Gasteiger partial charge on any atom is 0.108 e. The van der Waals surface area contributed by atoms with Crippen LogP contribution in [0.15, 0.2) is 42.6 Å². The lowest BCUT2D eigenvalue weighted by atomic mass is 10.2. The van der Waals surface area contributed by atoms with E-state index in [-0.39, 0.29) is 4.65 Å². The van der Waals surface area contributed by atoms with Crippen molar-refractivity contribution in [1.29, 1.82) is 0 Å². The molecule has 0 saturated carbocycles. The molecule has 0 radical (unpaired) electrons. The third kappa shape index (κ3) is 1.97. The Labute approximate surface area is 78.3 Å². The van der Waals surface area contributed by atoms with Crippen LogP contribution in [0, 0.1) is 5.21 Å². The molecule has 0 bridgehead atoms. The van der Waals surface area contributed by atoms with Gasteiger partial charge >= 0.3 is 0 Å². The van der Waals surface area contributed by atoms with E-state index in [1.807, 2.05) is 36.4 Å². The lowest BCUT2D eigenvalue weighted by Crippen LogP contribution is -2.33. The van der Waals surface area contributed by atoms with E-state index >= 15 is 0 Å². The molecular weight excluding hydrogens is 162 g/mol. The van der Waals surface area contributed by atoms with E-state index in [0.717, 1.165) is 12.0 Å². The second-order valence-corrected chi connectivity index (χ2v) is 3.49. The molecule has 1 aromatic rings. The summed E-state index contributed by atoms with van der Waals surface area (Å²) in [4.78, 5) is 0. The molecule has 1 atom stereocenters. The van der Waals surface area contributed by atoms with Crippen LogP contribution in [-0.4, -0.2) is 11.2 Å². The fraction of sp³-hybridized carbons (Fsp3) is 0.273. The quantitative estimate of drug-likeness (QED) is 0.500. The molecule has 1 aliphatic heterocycles. The van der Waals surface area contributed by atoms with E-state index in [1.54, 1.807) is 6.20 Å². The third-order valence-electron chi connectivity index (χ3n) is 2.34. The number of benzene rings is 1. The molecule has 0 spiro atoms. The second-order valence-electron chi connectivity index (χ2n) is 3.49. The fourth-order valence-electron chi connectivity index (χ4n) is 1.66. The standard InChI is InChI=1S/C11H13NO/c13-12(8-4-5-9-12)10-11-6-2-1-3-7-11/h1-4,6-8H,5,9-10H2. The van der Waals surface area contributed by atoms with Crippen LogP contribution in [0.4, 0.5) is 0 Å². The molecule has 2 heteroatoms. The highest BCUT2D eigenvalue weighted by Gasteiger charge is 2.17. The van der Waals surface area contributed by atoms with Gasteiger partial charge in [-0.05, 0) is 6.08 Å². The predicted octanol–water partition coefficient (Wildman–Crippen LogP) is 2.42. The lowest BCUT2D eigenvalue weighted by molar-refractivity contribution is -0.837. The van der Waals surface area contributed by atoms with Gasteiger partial charge in [0.25, 0.3) is 0 Å². The summed E-state index contributed by atoms with van der Waals surface area (Å²) in [6, 6.07) is 9.93. The number of nitrogens with zero attached hydrogens (tertiary/aromatic N) is 1. The van der Waals surface area contributed by atoms with Crippen molar-refractivity contribution in [3.05, 3.63) is 53.4 Å². The summed E-state index contributed by atoms with van der Waals surface area (Å²) in [5.41, 5.74) is 1.11. The van der Waals surface area contributed by atoms with Gasteiger partial charge in [0.05, 0.1) is 12.7 Å². The van der Waals surface area contributed by atoms with Crippen molar-refractivity contribution in [1.82, 2.24) is 0 Å². The number of hydrogen-bond acceptors (Lipinski definition) is 1. The minimum absolute atomic E-state index is 0.190. The Morgan fingerprint density at radius 3 is 2.62 bits per heavy atom. The Hall–Kier alpha value is -1.12. The lowest BCUT2D eigenvalue weighted by Gasteiger charge is -2.35. The van der Waals surface area contributed by atoms with Gasteiger partial charge < -0.3 is 9.85 Å². The molecule has 0 fully saturated rings. The van der Waals surface area contributed by atoms with Crippen LogP contribution < -0.4 is 0 Å². The molecule has 0 amide bonds. The molecule has 1 aliphatic rings. The number of quaternary nitrogens is 1. The fourth-order valence-corrected chi connectivity index (χ4v) is 1.66. The maximum absolute atomic E-state index is 11.9. The normalized spacial score (nSPS) is 26.5. The van der Waals surface area contributed by atoms with Crippen LogP contribution in [-0.2, 0) is 6.54 Å². The molecule has 68 valence electrons. The van der Waals surface area contributed by atoms with Gasteiger partial charge in [-0.3, -0.25) is 0 Å². The number of hydrogen-bond donors (Lipinski definition) is 0. The summed E-state index contributed by atoms with van der Waals surface area (Å²) < 4.78 is -0.190. The largest absolute Gasteiger partial charge is 0.628 e. The zero-order valence-electron chi connectivity index (χ0n) is 7.52. The molecular formula is C11H13NO. The average molecular weight is 175 g/mol. The topological polar surface area (TPSA) is 23.1 Å². The molecule has 0 aromatic heterocycles. The second kappa shape index (κ2) is 3.32. The number of rotatable bonds is 2. The van der Waals surface area contributed by atoms with Crippen LogP contribution in [0.1, 0.15) is 12.0 Å². The zero-order chi connectivity index (χ0) is 9.15. The summed E-state index contributed by atoms with van der Waals surface area (Å²) in [5.74, 6) is 0. The average Bonchev–Trinajstić information content (AvgIpc) is 2.54. The van der Waals surface area contributed by atoms with Crippen LogP contribution in [0.3, 0.4) is 0 Å². The van der Waals surface area contributed by atoms with Crippen molar-refractivity contribution in [3.63, 3.8) is 0 Å². The van der Waals surface area contributed by atoms with Gasteiger partial charge in [0.15, 0.2) is 0 Å². The molecule has 0 N–H and O–H groups in total. The minimum Gasteiger partial charge on any atom is -0.628 e. The SMILES string of the molecule is [O-][N+]1(Cc2ccccc2)C=CCC1. The Morgan fingerprint density at radius 2 is 2.00 bits per heavy atom. The summed E-state index contributed by atoms with van der Waals surface area (Å²) in [5, 5.41) is 11.9. The van der Waals surface area contributed by atoms with Gasteiger partial charge in [0.1, 0.15) is 6.54 Å². The van der Waals surface area contributed by atoms with Crippen molar-refractivity contribution in [2.45, 2.75) is 13.0 Å². The van der Waals surface area contributed by atoms with Crippen molar-refractivity contribution in [2.75, 3.05) is 6.54 Å². The molecule has 13 heavy (non-hydrogen) atoms. The monoisotopic (exact) mass is 175 g/mol. The smallest absolute Gasteiger partial charge is 0.108 e. The maximum atomic E-state index is 11.9. The number of hydroxylamine groups is 3. The van der Waals surface area contributed by atoms with Crippen molar-refractivity contribution in [3.8, 4) is 0 Å². The van der Waals surface area contributed by atoms with Crippen LogP contribution in [0.25, 0.3) is 0 Å². The summed E-state index contributed by atoms with van der Waals surface area (Å²) >= 11 is 0. The van der Waals surface area contributed by atoms with Crippen LogP contribution in [0.2, 0.25) is 0 Å². The Kier molecular flexibility index (Phi) is 2.17. The van der Waals surface area contributed by atoms with E-state index in [0.29, 0.717) is 13.1 Å². The first-order chi connectivity index (χ1) is 6.29. The Balaban J connectivity index is 2.10. The molecule has 1 aromatic carbocycles. The first-order valence-electron chi connectivity index (χ1n) is 4.58. The third-order valence-corrected chi connectivity index (χ3v) is 2.34. The van der Waals surface area contributed by atoms with E-state index in [1.165, 1.54) is 0 Å². The minimum atomic E-state index is -0.190. The van der Waals surface area contributed by atoms with Gasteiger partial charge in [-0.2, -0.15) is 0 Å². The van der Waals surface area contributed by atoms with Gasteiger partial charge in [-0.25, -0.2) is 0 Å². The molecule has 2 rings (SSSR count). The molecule has 2 nitrogen and oxygen atoms in total. The highest BCUT2D eigenvalue weighted by atomic mass is 16.5. The first-order valence-corrected chi connectivity index (χ1v) is 4.58. The van der Waals surface area contributed by atoms with Crippen molar-refractivity contribution in [2.24, 2.45) is 0 Å². The first kappa shape index (κ1) is 8.48. The highest BCUT2D eigenvalue weighted by Crippen LogP contribution is 2.19. The highest BCUT2D eigenvalue weighted by molar-refractivity contribution is 5.13. The Bertz CT molecular complexity index is 307. The van der Waals surface area contributed by atoms with Gasteiger partial charge in [0.2, 0.25) is 0 Å². The van der Waals surface area contributed by atoms with E-state index < -0.39 is 0 Å². The molecule has 0 aliphatic carbocycles. The molecule has 0 saturated heterocycles. The van der Waals surface area contributed by atoms with E-state index in [9.17, 15) is 5.21 Å². The van der Waals surface area contributed by atoms with Crippen LogP contribution in [0.5, 0.6) is 0 Å². The van der Waals surface area contributed by atoms with Crippen molar-refractivity contribution >= 4 is 0 Å². The van der Waals surface area contributed by atoms with Gasteiger partial charge in [0, 0.05) is 12.0 Å². The summed E-state index contributed by atoms with van der Waals surface area (Å²) in [6.45, 7) is 1.26. The van der Waals surface area contributed by atoms with Gasteiger partial charge in [-0.15, -0.1) is 0 Å². The van der Waals surface area contributed by atoms with Crippen LogP contribution >= 0.6 is 0 Å². The van der Waals surface area contributed by atoms with Crippen molar-refractivity contribution < 1.29 is 4.65 Å². The summed E-state index contributed by atoms with van der Waals surface area (Å²) in [7, 11) is 0. The molecule has 1 unspecified atom stereocenters.